The molecule has 1 N–H and O–H groups in total. The van der Waals surface area contributed by atoms with Gasteiger partial charge < -0.3 is 19.7 Å². The van der Waals surface area contributed by atoms with E-state index in [0.717, 1.165) is 67.9 Å². The highest BCUT2D eigenvalue weighted by atomic mass is 35.5. The van der Waals surface area contributed by atoms with Gasteiger partial charge in [0.05, 0.1) is 5.41 Å². The number of carbonyl (C=O) groups is 1. The van der Waals surface area contributed by atoms with E-state index in [9.17, 15) is 4.79 Å². The van der Waals surface area contributed by atoms with Crippen LogP contribution < -0.4 is 14.8 Å². The molecule has 2 fully saturated rings. The fraction of sp³-hybridized carbons (Fsp3) is 0.650. The molecule has 1 amide bonds. The lowest BCUT2D eigenvalue weighted by Crippen LogP contribution is -2.44. The van der Waals surface area contributed by atoms with E-state index in [-0.39, 0.29) is 18.3 Å². The summed E-state index contributed by atoms with van der Waals surface area (Å²) in [5, 5.41) is 3.49. The third-order valence-corrected chi connectivity index (χ3v) is 6.11. The molecule has 3 heterocycles. The molecule has 0 aromatic heterocycles. The van der Waals surface area contributed by atoms with Crippen molar-refractivity contribution in [1.29, 1.82) is 0 Å². The van der Waals surface area contributed by atoms with Gasteiger partial charge in [-0.2, -0.15) is 0 Å². The third kappa shape index (κ3) is 3.52. The van der Waals surface area contributed by atoms with Gasteiger partial charge in [0.2, 0.25) is 5.91 Å². The van der Waals surface area contributed by atoms with Crippen LogP contribution in [0.3, 0.4) is 0 Å². The number of hydrogen-bond acceptors (Lipinski definition) is 4. The minimum Gasteiger partial charge on any atom is -0.486 e. The van der Waals surface area contributed by atoms with Crippen LogP contribution in [0.5, 0.6) is 11.5 Å². The quantitative estimate of drug-likeness (QED) is 0.856. The van der Waals surface area contributed by atoms with Crippen LogP contribution in [-0.2, 0) is 10.2 Å². The van der Waals surface area contributed by atoms with E-state index in [1.165, 1.54) is 0 Å². The van der Waals surface area contributed by atoms with Crippen LogP contribution in [0.25, 0.3) is 0 Å². The van der Waals surface area contributed by atoms with Crippen molar-refractivity contribution in [2.75, 3.05) is 39.4 Å². The largest absolute Gasteiger partial charge is 0.486 e. The molecule has 0 spiro atoms. The third-order valence-electron chi connectivity index (χ3n) is 6.11. The van der Waals surface area contributed by atoms with Crippen molar-refractivity contribution in [3.8, 4) is 11.5 Å². The number of hydrogen-bond donors (Lipinski definition) is 1. The lowest BCUT2D eigenvalue weighted by molar-refractivity contribution is -0.136. The predicted octanol–water partition coefficient (Wildman–Crippen LogP) is 2.62. The molecule has 26 heavy (non-hydrogen) atoms. The van der Waals surface area contributed by atoms with Gasteiger partial charge in [-0.25, -0.2) is 0 Å². The fourth-order valence-corrected chi connectivity index (χ4v) is 4.37. The molecule has 0 aliphatic carbocycles. The maximum Gasteiger partial charge on any atom is 0.232 e. The fourth-order valence-electron chi connectivity index (χ4n) is 4.37. The Kier molecular flexibility index (Phi) is 5.68. The van der Waals surface area contributed by atoms with Gasteiger partial charge in [0.15, 0.2) is 11.5 Å². The summed E-state index contributed by atoms with van der Waals surface area (Å²) in [5.41, 5.74) is 0.431. The van der Waals surface area contributed by atoms with Gasteiger partial charge in [-0.05, 0) is 69.3 Å². The van der Waals surface area contributed by atoms with Crippen molar-refractivity contribution in [3.05, 3.63) is 23.8 Å². The zero-order chi connectivity index (χ0) is 17.4. The summed E-state index contributed by atoms with van der Waals surface area (Å²) in [6.07, 6.45) is 2.22. The molecule has 2 atom stereocenters. The van der Waals surface area contributed by atoms with Crippen LogP contribution in [0.1, 0.15) is 32.3 Å². The number of carbonyl (C=O) groups excluding carboxylic acids is 1. The van der Waals surface area contributed by atoms with Crippen molar-refractivity contribution < 1.29 is 14.3 Å². The summed E-state index contributed by atoms with van der Waals surface area (Å²) in [5.74, 6) is 3.21. The molecule has 0 saturated carbocycles. The highest BCUT2D eigenvalue weighted by molar-refractivity contribution is 5.87. The number of nitrogens with one attached hydrogen (secondary N) is 1. The van der Waals surface area contributed by atoms with Gasteiger partial charge in [-0.15, -0.1) is 12.4 Å². The van der Waals surface area contributed by atoms with E-state index < -0.39 is 5.41 Å². The van der Waals surface area contributed by atoms with E-state index in [4.69, 9.17) is 9.47 Å². The second-order valence-corrected chi connectivity index (χ2v) is 8.03. The number of amides is 1. The van der Waals surface area contributed by atoms with Crippen molar-refractivity contribution in [1.82, 2.24) is 10.2 Å². The first-order valence-electron chi connectivity index (χ1n) is 9.46. The molecule has 1 aromatic carbocycles. The molecule has 6 heteroatoms. The minimum absolute atomic E-state index is 0. The summed E-state index contributed by atoms with van der Waals surface area (Å²) in [6, 6.07) is 5.90. The number of fused-ring (bicyclic) bond motifs is 2. The second-order valence-electron chi connectivity index (χ2n) is 8.03. The number of halogens is 1. The van der Waals surface area contributed by atoms with Crippen molar-refractivity contribution in [2.24, 2.45) is 11.8 Å². The summed E-state index contributed by atoms with van der Waals surface area (Å²) in [6.45, 7) is 9.15. The maximum absolute atomic E-state index is 13.3. The highest BCUT2D eigenvalue weighted by Crippen LogP contribution is 2.37. The summed E-state index contributed by atoms with van der Waals surface area (Å²) in [7, 11) is 0. The second kappa shape index (κ2) is 7.65. The Labute approximate surface area is 161 Å². The summed E-state index contributed by atoms with van der Waals surface area (Å²) >= 11 is 0. The first kappa shape index (κ1) is 19.3. The molecular weight excluding hydrogens is 352 g/mol. The lowest BCUT2D eigenvalue weighted by atomic mass is 9.82. The van der Waals surface area contributed by atoms with Crippen LogP contribution in [0, 0.1) is 11.8 Å². The molecule has 3 aliphatic rings. The van der Waals surface area contributed by atoms with Crippen LogP contribution in [0.2, 0.25) is 0 Å². The lowest BCUT2D eigenvalue weighted by Gasteiger charge is -2.32. The molecule has 0 unspecified atom stereocenters. The van der Waals surface area contributed by atoms with Gasteiger partial charge in [0.25, 0.3) is 0 Å². The SMILES string of the molecule is CC(C)(C(=O)N1CC[C@@H]2CNC[C@@H]2CC1)c1ccc2c(c1)OCCO2.Cl. The van der Waals surface area contributed by atoms with E-state index in [1.54, 1.807) is 0 Å². The topological polar surface area (TPSA) is 50.8 Å². The van der Waals surface area contributed by atoms with E-state index in [2.05, 4.69) is 10.2 Å². The normalized spacial score (nSPS) is 25.1. The molecule has 0 radical (unpaired) electrons. The van der Waals surface area contributed by atoms with Gasteiger partial charge in [-0.1, -0.05) is 6.07 Å². The van der Waals surface area contributed by atoms with E-state index in [1.807, 2.05) is 32.0 Å². The molecule has 2 saturated heterocycles. The molecule has 5 nitrogen and oxygen atoms in total. The molecule has 144 valence electrons. The molecular formula is C20H29ClN2O3. The van der Waals surface area contributed by atoms with Crippen LogP contribution >= 0.6 is 12.4 Å². The standard InChI is InChI=1S/C20H28N2O3.ClH/c1-20(2,16-3-4-17-18(11-16)25-10-9-24-17)19(23)22-7-5-14-12-21-13-15(14)6-8-22;/h3-4,11,14-15,21H,5-10,12-13H2,1-2H3;1H/t14-,15+;. The van der Waals surface area contributed by atoms with Crippen molar-refractivity contribution >= 4 is 18.3 Å². The number of rotatable bonds is 2. The molecule has 1 aromatic rings. The monoisotopic (exact) mass is 380 g/mol. The summed E-state index contributed by atoms with van der Waals surface area (Å²) in [4.78, 5) is 15.4. The average molecular weight is 381 g/mol. The number of ether oxygens (including phenoxy) is 2. The Morgan fingerprint density at radius 1 is 1.08 bits per heavy atom. The summed E-state index contributed by atoms with van der Waals surface area (Å²) < 4.78 is 11.3. The number of likely N-dealkylation sites (tertiary alicyclic amines) is 1. The van der Waals surface area contributed by atoms with Crippen molar-refractivity contribution in [3.63, 3.8) is 0 Å². The first-order valence-corrected chi connectivity index (χ1v) is 9.46. The Balaban J connectivity index is 0.00000196. The van der Waals surface area contributed by atoms with E-state index >= 15 is 0 Å². The highest BCUT2D eigenvalue weighted by Gasteiger charge is 2.38. The van der Waals surface area contributed by atoms with Gasteiger partial charge in [0, 0.05) is 13.1 Å². The van der Waals surface area contributed by atoms with E-state index in [0.29, 0.717) is 13.2 Å². The van der Waals surface area contributed by atoms with Gasteiger partial charge >= 0.3 is 0 Å². The smallest absolute Gasteiger partial charge is 0.232 e. The van der Waals surface area contributed by atoms with Gasteiger partial charge in [0.1, 0.15) is 13.2 Å². The maximum atomic E-state index is 13.3. The zero-order valence-corrected chi connectivity index (χ0v) is 16.4. The average Bonchev–Trinajstić information content (AvgIpc) is 2.99. The molecule has 4 rings (SSSR count). The van der Waals surface area contributed by atoms with Crippen LogP contribution in [-0.4, -0.2) is 50.2 Å². The van der Waals surface area contributed by atoms with Crippen LogP contribution in [0.4, 0.5) is 0 Å². The number of nitrogens with zero attached hydrogens (tertiary/aromatic N) is 1. The zero-order valence-electron chi connectivity index (χ0n) is 15.6. The van der Waals surface area contributed by atoms with Gasteiger partial charge in [-0.3, -0.25) is 4.79 Å². The number of benzene rings is 1. The Morgan fingerprint density at radius 3 is 2.35 bits per heavy atom. The van der Waals surface area contributed by atoms with Crippen LogP contribution in [0.15, 0.2) is 18.2 Å². The van der Waals surface area contributed by atoms with Crippen molar-refractivity contribution in [2.45, 2.75) is 32.1 Å². The predicted molar refractivity (Wildman–Crippen MR) is 103 cm³/mol. The Hall–Kier alpha value is -1.46. The minimum atomic E-state index is -0.562. The molecule has 0 bridgehead atoms. The Bertz CT molecular complexity index is 650. The first-order chi connectivity index (χ1) is 12.1. The molecule has 3 aliphatic heterocycles. The Morgan fingerprint density at radius 2 is 1.69 bits per heavy atom.